The number of nitrogens with one attached hydrogen (secondary N) is 1. The minimum atomic E-state index is -2.81. The van der Waals surface area contributed by atoms with E-state index in [-0.39, 0.29) is 0 Å². The van der Waals surface area contributed by atoms with Gasteiger partial charge in [0.15, 0.2) is 0 Å². The lowest BCUT2D eigenvalue weighted by Crippen LogP contribution is -2.32. The summed E-state index contributed by atoms with van der Waals surface area (Å²) < 4.78 is 20.5. The van der Waals surface area contributed by atoms with Gasteiger partial charge in [0.05, 0.1) is 0 Å². The van der Waals surface area contributed by atoms with Gasteiger partial charge in [0, 0.05) is 0 Å². The average molecular weight is 215 g/mol. The molecular weight excluding hydrogens is 208 g/mol. The van der Waals surface area contributed by atoms with Crippen molar-refractivity contribution in [1.29, 1.82) is 0 Å². The monoisotopic (exact) mass is 215 g/mol. The van der Waals surface area contributed by atoms with Crippen LogP contribution in [0.1, 0.15) is 0 Å². The molecule has 0 saturated carbocycles. The van der Waals surface area contributed by atoms with Gasteiger partial charge in [0.25, 0.3) is 0 Å². The van der Waals surface area contributed by atoms with Crippen LogP contribution in [0.15, 0.2) is 0 Å². The van der Waals surface area contributed by atoms with Gasteiger partial charge in [0.2, 0.25) is 6.16 Å². The molecule has 0 aliphatic rings. The van der Waals surface area contributed by atoms with Gasteiger partial charge in [-0.25, -0.2) is 4.79 Å². The Morgan fingerprint density at radius 2 is 1.92 bits per heavy atom. The second-order valence-electron chi connectivity index (χ2n) is 1.80. The molecule has 0 aliphatic heterocycles. The maximum absolute atomic E-state index is 10.4. The lowest BCUT2D eigenvalue weighted by atomic mass is 10.7. The Hall–Kier alpha value is -0.610. The minimum absolute atomic E-state index is 0.562. The van der Waals surface area contributed by atoms with E-state index in [9.17, 15) is 13.9 Å². The van der Waals surface area contributed by atoms with E-state index in [1.54, 1.807) is 5.32 Å². The third kappa shape index (κ3) is 5.09. The van der Waals surface area contributed by atoms with Crippen LogP contribution in [0.2, 0.25) is 0 Å². The highest BCUT2D eigenvalue weighted by atomic mass is 31.1. The number of amides is 1. The largest absolute Gasteiger partial charge is 0.535 e. The number of carboxylic acid groups (broad SMARTS) is 1. The third-order valence-electron chi connectivity index (χ3n) is 0.886. The molecule has 0 aliphatic carbocycles. The highest BCUT2D eigenvalue weighted by Crippen LogP contribution is 2.27. The summed E-state index contributed by atoms with van der Waals surface area (Å²) in [6.07, 6.45) is -2.07. The highest BCUT2D eigenvalue weighted by molar-refractivity contribution is 7.43. The molecule has 0 heterocycles. The summed E-state index contributed by atoms with van der Waals surface area (Å²) in [5.41, 5.74) is 0. The van der Waals surface area contributed by atoms with Crippen LogP contribution in [0.3, 0.4) is 0 Å². The molecule has 68 valence electrons. The van der Waals surface area contributed by atoms with Gasteiger partial charge in [-0.1, -0.05) is 0 Å². The first kappa shape index (κ1) is 11.4. The fourth-order valence-electron chi connectivity index (χ4n) is 0.461. The smallest absolute Gasteiger partial charge is 0.465 e. The standard InChI is InChI=1S/C3H5NO6P2/c5-3(6)4-2(12(9)10)1-11(7)8/h2,4H,1H2,(H-2,5,6,7,8,9,10)/p+2. The summed E-state index contributed by atoms with van der Waals surface area (Å²) in [5.74, 6) is -1.38. The fraction of sp³-hybridized carbons (Fsp3) is 0.667. The number of carbonyl (C=O) groups is 1. The highest BCUT2D eigenvalue weighted by Gasteiger charge is 2.38. The molecule has 0 rings (SSSR count). The second-order valence-corrected chi connectivity index (χ2v) is 4.10. The van der Waals surface area contributed by atoms with Crippen LogP contribution < -0.4 is 5.32 Å². The molecule has 0 radical (unpaired) electrons. The quantitative estimate of drug-likeness (QED) is 0.491. The van der Waals surface area contributed by atoms with E-state index in [0.717, 1.165) is 0 Å². The van der Waals surface area contributed by atoms with Crippen LogP contribution >= 0.6 is 16.1 Å². The minimum Gasteiger partial charge on any atom is -0.465 e. The second kappa shape index (κ2) is 5.11. The summed E-state index contributed by atoms with van der Waals surface area (Å²) in [5, 5.41) is 9.77. The molecule has 0 fully saturated rings. The maximum Gasteiger partial charge on any atom is 0.535 e. The van der Waals surface area contributed by atoms with E-state index in [2.05, 4.69) is 0 Å². The van der Waals surface area contributed by atoms with E-state index >= 15 is 0 Å². The zero-order valence-electron chi connectivity index (χ0n) is 5.75. The molecule has 3 unspecified atom stereocenters. The van der Waals surface area contributed by atoms with Crippen molar-refractivity contribution < 1.29 is 28.8 Å². The molecule has 0 aromatic carbocycles. The van der Waals surface area contributed by atoms with Crippen LogP contribution in [-0.2, 0) is 9.13 Å². The topological polar surface area (TPSA) is 124 Å². The van der Waals surface area contributed by atoms with Crippen molar-refractivity contribution in [2.24, 2.45) is 0 Å². The summed E-state index contributed by atoms with van der Waals surface area (Å²) in [4.78, 5) is 26.7. The van der Waals surface area contributed by atoms with Crippen LogP contribution in [0, 0.1) is 0 Å². The van der Waals surface area contributed by atoms with E-state index in [1.165, 1.54) is 0 Å². The Bertz CT molecular complexity index is 201. The molecule has 1 amide bonds. The van der Waals surface area contributed by atoms with Crippen molar-refractivity contribution in [3.05, 3.63) is 0 Å². The Morgan fingerprint density at radius 1 is 1.42 bits per heavy atom. The van der Waals surface area contributed by atoms with Gasteiger partial charge in [-0.3, -0.25) is 5.32 Å². The van der Waals surface area contributed by atoms with Crippen molar-refractivity contribution in [3.8, 4) is 0 Å². The summed E-state index contributed by atoms with van der Waals surface area (Å²) in [6, 6.07) is 0. The molecule has 0 aromatic heterocycles. The van der Waals surface area contributed by atoms with Crippen LogP contribution in [-0.4, -0.2) is 32.9 Å². The van der Waals surface area contributed by atoms with Crippen molar-refractivity contribution >= 4 is 22.1 Å². The van der Waals surface area contributed by atoms with Crippen molar-refractivity contribution in [2.45, 2.75) is 5.78 Å². The van der Waals surface area contributed by atoms with Gasteiger partial charge in [0.1, 0.15) is 0 Å². The molecule has 4 N–H and O–H groups in total. The Labute approximate surface area is 69.1 Å². The maximum atomic E-state index is 10.4. The molecule has 0 spiro atoms. The van der Waals surface area contributed by atoms with Crippen LogP contribution in [0.25, 0.3) is 0 Å². The van der Waals surface area contributed by atoms with E-state index < -0.39 is 34.1 Å². The summed E-state index contributed by atoms with van der Waals surface area (Å²) in [6.45, 7) is 0. The zero-order valence-corrected chi connectivity index (χ0v) is 7.53. The molecule has 12 heavy (non-hydrogen) atoms. The normalized spacial score (nSPS) is 14.8. The van der Waals surface area contributed by atoms with Gasteiger partial charge in [-0.2, -0.15) is 9.79 Å². The van der Waals surface area contributed by atoms with Gasteiger partial charge < -0.3 is 5.11 Å². The first-order valence-electron chi connectivity index (χ1n) is 2.71. The Morgan fingerprint density at radius 3 is 2.17 bits per heavy atom. The van der Waals surface area contributed by atoms with Crippen LogP contribution in [0.5, 0.6) is 0 Å². The predicted octanol–water partition coefficient (Wildman–Crippen LogP) is 0.0495. The SMILES string of the molecule is O=C(O)NC(C[P+](=O)O)[P+](=O)O. The third-order valence-corrected chi connectivity index (χ3v) is 2.70. The molecule has 0 aromatic rings. The van der Waals surface area contributed by atoms with E-state index in [1.807, 2.05) is 0 Å². The molecule has 0 saturated heterocycles. The first-order chi connectivity index (χ1) is 5.43. The van der Waals surface area contributed by atoms with Crippen molar-refractivity contribution in [3.63, 3.8) is 0 Å². The van der Waals surface area contributed by atoms with Gasteiger partial charge in [-0.15, -0.1) is 0 Å². The number of rotatable bonds is 4. The zero-order chi connectivity index (χ0) is 9.72. The van der Waals surface area contributed by atoms with E-state index in [4.69, 9.17) is 14.9 Å². The van der Waals surface area contributed by atoms with Gasteiger partial charge >= 0.3 is 27.9 Å². The van der Waals surface area contributed by atoms with Crippen molar-refractivity contribution in [1.82, 2.24) is 5.32 Å². The predicted molar refractivity (Wildman–Crippen MR) is 39.5 cm³/mol. The van der Waals surface area contributed by atoms with Crippen LogP contribution in [0.4, 0.5) is 4.79 Å². The fourth-order valence-corrected chi connectivity index (χ4v) is 2.05. The van der Waals surface area contributed by atoms with Crippen molar-refractivity contribution in [2.75, 3.05) is 6.16 Å². The number of hydrogen-bond acceptors (Lipinski definition) is 3. The summed E-state index contributed by atoms with van der Waals surface area (Å²) >= 11 is 0. The molecule has 0 bridgehead atoms. The number of hydrogen-bond donors (Lipinski definition) is 4. The molecule has 3 atom stereocenters. The Kier molecular flexibility index (Phi) is 4.85. The average Bonchev–Trinajstić information content (AvgIpc) is 1.83. The molecule has 7 nitrogen and oxygen atoms in total. The van der Waals surface area contributed by atoms with E-state index in [0.29, 0.717) is 0 Å². The molecule has 9 heteroatoms. The summed E-state index contributed by atoms with van der Waals surface area (Å²) in [7, 11) is -5.44. The first-order valence-corrected chi connectivity index (χ1v) is 5.39. The Balaban J connectivity index is 4.14. The van der Waals surface area contributed by atoms with Gasteiger partial charge in [-0.05, 0) is 9.13 Å². The lowest BCUT2D eigenvalue weighted by molar-refractivity contribution is 0.193. The lowest BCUT2D eigenvalue weighted by Gasteiger charge is -1.95. The molecular formula is C3H7NO6P2+2.